The summed E-state index contributed by atoms with van der Waals surface area (Å²) in [5.74, 6) is 0.640. The molecule has 156 valence electrons. The summed E-state index contributed by atoms with van der Waals surface area (Å²) in [4.78, 5) is 0.291. The monoisotopic (exact) mass is 416 g/mol. The molecule has 2 N–H and O–H groups in total. The van der Waals surface area contributed by atoms with Gasteiger partial charge < -0.3 is 15.2 Å². The van der Waals surface area contributed by atoms with Crippen molar-refractivity contribution < 1.29 is 17.9 Å². The van der Waals surface area contributed by atoms with Crippen molar-refractivity contribution in [1.82, 2.24) is 4.31 Å². The minimum absolute atomic E-state index is 0.109. The molecule has 7 heteroatoms. The van der Waals surface area contributed by atoms with Crippen LogP contribution < -0.4 is 10.5 Å². The molecule has 2 heterocycles. The van der Waals surface area contributed by atoms with Gasteiger partial charge in [-0.1, -0.05) is 24.3 Å². The summed E-state index contributed by atoms with van der Waals surface area (Å²) < 4.78 is 39.6. The van der Waals surface area contributed by atoms with Crippen LogP contribution in [-0.2, 0) is 21.3 Å². The van der Waals surface area contributed by atoms with E-state index >= 15 is 0 Å². The Hall–Kier alpha value is -1.93. The van der Waals surface area contributed by atoms with Crippen molar-refractivity contribution in [2.75, 3.05) is 26.8 Å². The molecule has 2 aromatic carbocycles. The van der Waals surface area contributed by atoms with E-state index in [0.29, 0.717) is 30.3 Å². The van der Waals surface area contributed by atoms with Gasteiger partial charge in [0.05, 0.1) is 17.6 Å². The SMILES string of the molecule is COc1ccc(S(=O)(=O)N2CCC3(CCCO3)CC2)cc1-c1ccc(CN)cc1. The lowest BCUT2D eigenvalue weighted by Gasteiger charge is -2.37. The molecule has 0 bridgehead atoms. The minimum atomic E-state index is -3.57. The van der Waals surface area contributed by atoms with E-state index in [1.165, 1.54) is 0 Å². The Labute approximate surface area is 172 Å². The van der Waals surface area contributed by atoms with Gasteiger partial charge in [0.1, 0.15) is 5.75 Å². The lowest BCUT2D eigenvalue weighted by atomic mass is 9.90. The summed E-state index contributed by atoms with van der Waals surface area (Å²) in [6, 6.07) is 12.8. The van der Waals surface area contributed by atoms with E-state index in [9.17, 15) is 8.42 Å². The van der Waals surface area contributed by atoms with Crippen molar-refractivity contribution in [1.29, 1.82) is 0 Å². The van der Waals surface area contributed by atoms with E-state index in [-0.39, 0.29) is 5.60 Å². The van der Waals surface area contributed by atoms with Crippen molar-refractivity contribution in [3.8, 4) is 16.9 Å². The van der Waals surface area contributed by atoms with Crippen LogP contribution in [-0.4, -0.2) is 45.1 Å². The van der Waals surface area contributed by atoms with Crippen LogP contribution in [0.4, 0.5) is 0 Å². The summed E-state index contributed by atoms with van der Waals surface area (Å²) in [5.41, 5.74) is 8.25. The van der Waals surface area contributed by atoms with Gasteiger partial charge in [-0.15, -0.1) is 0 Å². The summed E-state index contributed by atoms with van der Waals surface area (Å²) >= 11 is 0. The summed E-state index contributed by atoms with van der Waals surface area (Å²) in [6.45, 7) is 2.24. The Morgan fingerprint density at radius 2 is 1.83 bits per heavy atom. The van der Waals surface area contributed by atoms with Gasteiger partial charge in [0.25, 0.3) is 0 Å². The van der Waals surface area contributed by atoms with Crippen LogP contribution in [0.15, 0.2) is 47.4 Å². The average molecular weight is 417 g/mol. The highest BCUT2D eigenvalue weighted by atomic mass is 32.2. The van der Waals surface area contributed by atoms with Gasteiger partial charge in [0.2, 0.25) is 10.0 Å². The van der Waals surface area contributed by atoms with Crippen LogP contribution in [0, 0.1) is 0 Å². The number of hydrogen-bond acceptors (Lipinski definition) is 5. The number of methoxy groups -OCH3 is 1. The molecule has 2 aromatic rings. The molecule has 4 rings (SSSR count). The number of sulfonamides is 1. The number of ether oxygens (including phenoxy) is 2. The standard InChI is InChI=1S/C22H28N2O4S/c1-27-21-8-7-19(15-20(21)18-5-3-17(16-23)4-6-18)29(25,26)24-12-10-22(11-13-24)9-2-14-28-22/h3-8,15H,2,9-14,16,23H2,1H3. The average Bonchev–Trinajstić information content (AvgIpc) is 3.21. The van der Waals surface area contributed by atoms with Crippen LogP contribution in [0.25, 0.3) is 11.1 Å². The number of benzene rings is 2. The van der Waals surface area contributed by atoms with Crippen LogP contribution in [0.1, 0.15) is 31.2 Å². The Morgan fingerprint density at radius 3 is 2.41 bits per heavy atom. The fourth-order valence-corrected chi connectivity index (χ4v) is 5.79. The second-order valence-electron chi connectivity index (χ2n) is 7.80. The lowest BCUT2D eigenvalue weighted by Crippen LogP contribution is -2.46. The first-order valence-corrected chi connectivity index (χ1v) is 11.5. The fraction of sp³-hybridized carbons (Fsp3) is 0.455. The molecule has 0 unspecified atom stereocenters. The topological polar surface area (TPSA) is 81.9 Å². The van der Waals surface area contributed by atoms with E-state index in [0.717, 1.165) is 49.0 Å². The molecule has 0 aromatic heterocycles. The Balaban J connectivity index is 1.62. The van der Waals surface area contributed by atoms with Crippen molar-refractivity contribution in [2.24, 2.45) is 5.73 Å². The zero-order valence-corrected chi connectivity index (χ0v) is 17.6. The van der Waals surface area contributed by atoms with Crippen molar-refractivity contribution in [3.05, 3.63) is 48.0 Å². The molecule has 0 aliphatic carbocycles. The zero-order chi connectivity index (χ0) is 20.5. The van der Waals surface area contributed by atoms with E-state index in [1.54, 1.807) is 29.6 Å². The Kier molecular flexibility index (Phi) is 5.66. The third-order valence-electron chi connectivity index (χ3n) is 6.13. The maximum Gasteiger partial charge on any atom is 0.243 e. The lowest BCUT2D eigenvalue weighted by molar-refractivity contribution is -0.0309. The van der Waals surface area contributed by atoms with Crippen LogP contribution in [0.5, 0.6) is 5.75 Å². The summed E-state index contributed by atoms with van der Waals surface area (Å²) in [6.07, 6.45) is 3.62. The van der Waals surface area contributed by atoms with E-state index < -0.39 is 10.0 Å². The highest BCUT2D eigenvalue weighted by Crippen LogP contribution is 2.38. The first-order chi connectivity index (χ1) is 14.0. The first-order valence-electron chi connectivity index (χ1n) is 10.1. The molecule has 2 aliphatic heterocycles. The fourth-order valence-electron chi connectivity index (χ4n) is 4.33. The number of hydrogen-bond donors (Lipinski definition) is 1. The summed E-state index contributed by atoms with van der Waals surface area (Å²) in [5, 5.41) is 0. The minimum Gasteiger partial charge on any atom is -0.496 e. The van der Waals surface area contributed by atoms with E-state index in [1.807, 2.05) is 24.3 Å². The number of nitrogens with zero attached hydrogens (tertiary/aromatic N) is 1. The normalized spacial score (nSPS) is 19.5. The Morgan fingerprint density at radius 1 is 1.10 bits per heavy atom. The van der Waals surface area contributed by atoms with Gasteiger partial charge in [-0.3, -0.25) is 0 Å². The predicted octanol–water partition coefficient (Wildman–Crippen LogP) is 3.15. The molecule has 29 heavy (non-hydrogen) atoms. The Bertz CT molecular complexity index is 957. The maximum atomic E-state index is 13.3. The smallest absolute Gasteiger partial charge is 0.243 e. The predicted molar refractivity (Wildman–Crippen MR) is 112 cm³/mol. The number of piperidine rings is 1. The van der Waals surface area contributed by atoms with Crippen molar-refractivity contribution in [3.63, 3.8) is 0 Å². The molecule has 2 saturated heterocycles. The zero-order valence-electron chi connectivity index (χ0n) is 16.8. The summed E-state index contributed by atoms with van der Waals surface area (Å²) in [7, 11) is -1.98. The van der Waals surface area contributed by atoms with Gasteiger partial charge in [0, 0.05) is 31.8 Å². The first kappa shape index (κ1) is 20.3. The highest BCUT2D eigenvalue weighted by Gasteiger charge is 2.41. The molecular weight excluding hydrogens is 388 g/mol. The third kappa shape index (κ3) is 3.92. The second kappa shape index (κ2) is 8.07. The van der Waals surface area contributed by atoms with Gasteiger partial charge >= 0.3 is 0 Å². The van der Waals surface area contributed by atoms with Crippen LogP contribution in [0.2, 0.25) is 0 Å². The molecule has 6 nitrogen and oxygen atoms in total. The number of rotatable bonds is 5. The van der Waals surface area contributed by atoms with E-state index in [4.69, 9.17) is 15.2 Å². The molecule has 1 spiro atoms. The van der Waals surface area contributed by atoms with Crippen LogP contribution >= 0.6 is 0 Å². The molecule has 0 radical (unpaired) electrons. The highest BCUT2D eigenvalue weighted by molar-refractivity contribution is 7.89. The molecule has 2 fully saturated rings. The van der Waals surface area contributed by atoms with Crippen molar-refractivity contribution >= 4 is 10.0 Å². The molecule has 0 saturated carbocycles. The van der Waals surface area contributed by atoms with Gasteiger partial charge in [-0.25, -0.2) is 8.42 Å². The van der Waals surface area contributed by atoms with Crippen LogP contribution in [0.3, 0.4) is 0 Å². The molecular formula is C22H28N2O4S. The second-order valence-corrected chi connectivity index (χ2v) is 9.74. The largest absolute Gasteiger partial charge is 0.496 e. The molecule has 0 amide bonds. The molecule has 0 atom stereocenters. The van der Waals surface area contributed by atoms with Gasteiger partial charge in [-0.05, 0) is 55.0 Å². The molecule has 2 aliphatic rings. The third-order valence-corrected chi connectivity index (χ3v) is 8.02. The number of nitrogens with two attached hydrogens (primary N) is 1. The quantitative estimate of drug-likeness (QED) is 0.810. The maximum absolute atomic E-state index is 13.3. The van der Waals surface area contributed by atoms with Gasteiger partial charge in [0.15, 0.2) is 0 Å². The van der Waals surface area contributed by atoms with E-state index in [2.05, 4.69) is 0 Å². The van der Waals surface area contributed by atoms with Gasteiger partial charge in [-0.2, -0.15) is 4.31 Å². The van der Waals surface area contributed by atoms with Crippen molar-refractivity contribution in [2.45, 2.75) is 42.7 Å².